The van der Waals surface area contributed by atoms with Gasteiger partial charge in [-0.2, -0.15) is 0 Å². The van der Waals surface area contributed by atoms with Gasteiger partial charge < -0.3 is 19.7 Å². The van der Waals surface area contributed by atoms with Crippen molar-refractivity contribution in [3.63, 3.8) is 0 Å². The van der Waals surface area contributed by atoms with E-state index in [4.69, 9.17) is 9.47 Å². The van der Waals surface area contributed by atoms with E-state index in [-0.39, 0.29) is 24.4 Å². The van der Waals surface area contributed by atoms with Crippen molar-refractivity contribution in [1.82, 2.24) is 5.32 Å². The average Bonchev–Trinajstić information content (AvgIpc) is 3.33. The van der Waals surface area contributed by atoms with E-state index in [0.29, 0.717) is 36.3 Å². The lowest BCUT2D eigenvalue weighted by Crippen LogP contribution is -2.59. The number of benzene rings is 1. The van der Waals surface area contributed by atoms with Gasteiger partial charge in [0.05, 0.1) is 0 Å². The number of anilines is 1. The van der Waals surface area contributed by atoms with Crippen molar-refractivity contribution in [2.75, 3.05) is 24.7 Å². The van der Waals surface area contributed by atoms with Gasteiger partial charge in [-0.25, -0.2) is 0 Å². The number of nitrogens with one attached hydrogen (secondary N) is 1. The van der Waals surface area contributed by atoms with E-state index in [1.54, 1.807) is 23.1 Å². The van der Waals surface area contributed by atoms with Gasteiger partial charge >= 0.3 is 0 Å². The van der Waals surface area contributed by atoms with Crippen LogP contribution >= 0.6 is 0 Å². The Balaban J connectivity index is 1.64. The number of fused-ring (bicyclic) bond motifs is 1. The van der Waals surface area contributed by atoms with Gasteiger partial charge in [-0.1, -0.05) is 0 Å². The van der Waals surface area contributed by atoms with E-state index >= 15 is 0 Å². The van der Waals surface area contributed by atoms with E-state index < -0.39 is 0 Å². The first-order valence-corrected chi connectivity index (χ1v) is 7.23. The largest absolute Gasteiger partial charge is 0.486 e. The Hall–Kier alpha value is -2.24. The molecule has 0 spiro atoms. The molecule has 1 atom stereocenters. The maximum Gasteiger partial charge on any atom is 0.250 e. The fourth-order valence-corrected chi connectivity index (χ4v) is 2.84. The molecule has 2 heterocycles. The minimum absolute atomic E-state index is 0.0335. The maximum absolute atomic E-state index is 12.6. The number of carbonyl (C=O) groups excluding carboxylic acids is 2. The number of hydrogen-bond acceptors (Lipinski definition) is 4. The standard InChI is InChI=1S/C15H16N2O4/c18-13-8-17(15(19)14(16-13)9-1-2-9)10-3-4-11-12(7-10)21-6-5-20-11/h3-4,7,9,14H,1-2,5-6,8H2,(H,16,18). The van der Waals surface area contributed by atoms with Crippen LogP contribution in [0.15, 0.2) is 18.2 Å². The minimum Gasteiger partial charge on any atom is -0.486 e. The van der Waals surface area contributed by atoms with Crippen LogP contribution in [0.2, 0.25) is 0 Å². The molecule has 2 fully saturated rings. The third-order valence-corrected chi connectivity index (χ3v) is 4.08. The Labute approximate surface area is 122 Å². The zero-order chi connectivity index (χ0) is 14.4. The zero-order valence-corrected chi connectivity index (χ0v) is 11.5. The van der Waals surface area contributed by atoms with E-state index in [9.17, 15) is 9.59 Å². The Bertz CT molecular complexity index is 612. The van der Waals surface area contributed by atoms with E-state index in [0.717, 1.165) is 12.8 Å². The summed E-state index contributed by atoms with van der Waals surface area (Å²) in [5.74, 6) is 1.45. The van der Waals surface area contributed by atoms with Crippen LogP contribution in [0.1, 0.15) is 12.8 Å². The van der Waals surface area contributed by atoms with Crippen LogP contribution in [0.3, 0.4) is 0 Å². The van der Waals surface area contributed by atoms with Crippen molar-refractivity contribution < 1.29 is 19.1 Å². The summed E-state index contributed by atoms with van der Waals surface area (Å²) in [6.45, 7) is 1.08. The first-order chi connectivity index (χ1) is 10.2. The highest BCUT2D eigenvalue weighted by Crippen LogP contribution is 2.37. The van der Waals surface area contributed by atoms with E-state index in [1.165, 1.54) is 0 Å². The number of piperazine rings is 1. The second kappa shape index (κ2) is 4.65. The molecule has 0 bridgehead atoms. The smallest absolute Gasteiger partial charge is 0.250 e. The van der Waals surface area contributed by atoms with Gasteiger partial charge in [0.1, 0.15) is 25.8 Å². The molecular formula is C15H16N2O4. The summed E-state index contributed by atoms with van der Waals surface area (Å²) >= 11 is 0. The van der Waals surface area contributed by atoms with Crippen molar-refractivity contribution in [3.8, 4) is 11.5 Å². The monoisotopic (exact) mass is 288 g/mol. The van der Waals surface area contributed by atoms with Gasteiger partial charge in [0, 0.05) is 11.8 Å². The van der Waals surface area contributed by atoms with Crippen LogP contribution in [0, 0.1) is 5.92 Å². The number of ether oxygens (including phenoxy) is 2. The van der Waals surface area contributed by atoms with Crippen LogP contribution < -0.4 is 19.7 Å². The number of amides is 2. The average molecular weight is 288 g/mol. The first-order valence-electron chi connectivity index (χ1n) is 7.23. The highest BCUT2D eigenvalue weighted by atomic mass is 16.6. The summed E-state index contributed by atoms with van der Waals surface area (Å²) in [4.78, 5) is 26.0. The van der Waals surface area contributed by atoms with Crippen molar-refractivity contribution in [2.45, 2.75) is 18.9 Å². The molecule has 1 unspecified atom stereocenters. The first kappa shape index (κ1) is 12.5. The zero-order valence-electron chi connectivity index (χ0n) is 11.5. The summed E-state index contributed by atoms with van der Waals surface area (Å²) in [7, 11) is 0. The molecule has 1 saturated carbocycles. The number of rotatable bonds is 2. The quantitative estimate of drug-likeness (QED) is 0.870. The molecule has 21 heavy (non-hydrogen) atoms. The maximum atomic E-state index is 12.6. The molecule has 1 N–H and O–H groups in total. The highest BCUT2D eigenvalue weighted by molar-refractivity contribution is 6.07. The molecule has 1 aliphatic carbocycles. The fraction of sp³-hybridized carbons (Fsp3) is 0.467. The van der Waals surface area contributed by atoms with Gasteiger partial charge in [0.25, 0.3) is 0 Å². The third-order valence-electron chi connectivity index (χ3n) is 4.08. The highest BCUT2D eigenvalue weighted by Gasteiger charge is 2.43. The Morgan fingerprint density at radius 1 is 1.10 bits per heavy atom. The molecule has 1 saturated heterocycles. The van der Waals surface area contributed by atoms with Crippen LogP contribution in [0.25, 0.3) is 0 Å². The second-order valence-electron chi connectivity index (χ2n) is 5.63. The minimum atomic E-state index is -0.376. The van der Waals surface area contributed by atoms with E-state index in [2.05, 4.69) is 5.32 Å². The second-order valence-corrected chi connectivity index (χ2v) is 5.63. The van der Waals surface area contributed by atoms with Gasteiger partial charge in [0.15, 0.2) is 11.5 Å². The molecule has 110 valence electrons. The lowest BCUT2D eigenvalue weighted by atomic mass is 10.1. The molecule has 4 rings (SSSR count). The van der Waals surface area contributed by atoms with Crippen LogP contribution in [-0.2, 0) is 9.59 Å². The molecule has 6 heteroatoms. The molecule has 6 nitrogen and oxygen atoms in total. The summed E-state index contributed by atoms with van der Waals surface area (Å²) < 4.78 is 11.0. The normalized spacial score (nSPS) is 24.8. The molecule has 2 amide bonds. The Morgan fingerprint density at radius 3 is 2.62 bits per heavy atom. The summed E-state index contributed by atoms with van der Waals surface area (Å²) in [5, 5.41) is 2.80. The van der Waals surface area contributed by atoms with E-state index in [1.807, 2.05) is 0 Å². The molecule has 3 aliphatic rings. The number of carbonyl (C=O) groups is 2. The van der Waals surface area contributed by atoms with Crippen molar-refractivity contribution in [2.24, 2.45) is 5.92 Å². The predicted octanol–water partition coefficient (Wildman–Crippen LogP) is 0.699. The topological polar surface area (TPSA) is 67.9 Å². The molecule has 1 aromatic carbocycles. The van der Waals surface area contributed by atoms with Crippen molar-refractivity contribution in [3.05, 3.63) is 18.2 Å². The SMILES string of the molecule is O=C1CN(c2ccc3c(c2)OCCO3)C(=O)C(C2CC2)N1. The van der Waals surface area contributed by atoms with Crippen molar-refractivity contribution in [1.29, 1.82) is 0 Å². The summed E-state index contributed by atoms with van der Waals surface area (Å²) in [6, 6.07) is 4.98. The van der Waals surface area contributed by atoms with Gasteiger partial charge in [0.2, 0.25) is 11.8 Å². The predicted molar refractivity (Wildman–Crippen MR) is 74.4 cm³/mol. The van der Waals surface area contributed by atoms with Gasteiger partial charge in [-0.05, 0) is 30.9 Å². The van der Waals surface area contributed by atoms with Gasteiger partial charge in [-0.15, -0.1) is 0 Å². The molecule has 1 aromatic rings. The molecular weight excluding hydrogens is 272 g/mol. The molecule has 0 radical (unpaired) electrons. The Kier molecular flexibility index (Phi) is 2.77. The lowest BCUT2D eigenvalue weighted by molar-refractivity contribution is -0.131. The molecule has 2 aliphatic heterocycles. The summed E-state index contributed by atoms with van der Waals surface area (Å²) in [6.07, 6.45) is 2.01. The molecule has 0 aromatic heterocycles. The Morgan fingerprint density at radius 2 is 1.86 bits per heavy atom. The number of nitrogens with zero attached hydrogens (tertiary/aromatic N) is 1. The van der Waals surface area contributed by atoms with Crippen LogP contribution in [-0.4, -0.2) is 37.6 Å². The number of hydrogen-bond donors (Lipinski definition) is 1. The lowest BCUT2D eigenvalue weighted by Gasteiger charge is -2.33. The van der Waals surface area contributed by atoms with Crippen molar-refractivity contribution >= 4 is 17.5 Å². The fourth-order valence-electron chi connectivity index (χ4n) is 2.84. The van der Waals surface area contributed by atoms with Crippen LogP contribution in [0.5, 0.6) is 11.5 Å². The van der Waals surface area contributed by atoms with Gasteiger partial charge in [-0.3, -0.25) is 9.59 Å². The third kappa shape index (κ3) is 2.20. The van der Waals surface area contributed by atoms with Crippen LogP contribution in [0.4, 0.5) is 5.69 Å². The summed E-state index contributed by atoms with van der Waals surface area (Å²) in [5.41, 5.74) is 0.685.